The Hall–Kier alpha value is -0.850. The third-order valence-electron chi connectivity index (χ3n) is 3.52. The quantitative estimate of drug-likeness (QED) is 0.353. The van der Waals surface area contributed by atoms with Gasteiger partial charge in [0.05, 0.1) is 18.4 Å². The molecule has 0 bridgehead atoms. The van der Waals surface area contributed by atoms with Crippen LogP contribution >= 0.6 is 0 Å². The first-order chi connectivity index (χ1) is 10.3. The molecule has 0 aliphatic heterocycles. The summed E-state index contributed by atoms with van der Waals surface area (Å²) in [5.41, 5.74) is -1.00. The van der Waals surface area contributed by atoms with E-state index in [0.29, 0.717) is 12.8 Å². The summed E-state index contributed by atoms with van der Waals surface area (Å²) in [4.78, 5) is 11.8. The van der Waals surface area contributed by atoms with E-state index in [-0.39, 0.29) is 6.61 Å². The lowest BCUT2D eigenvalue weighted by atomic mass is 9.97. The molecule has 0 aromatic rings. The van der Waals surface area contributed by atoms with Crippen molar-refractivity contribution in [2.75, 3.05) is 13.2 Å². The first kappa shape index (κ1) is 20.2. The van der Waals surface area contributed by atoms with Crippen molar-refractivity contribution in [3.63, 3.8) is 0 Å². The highest BCUT2D eigenvalue weighted by atomic mass is 19.3. The van der Waals surface area contributed by atoms with Gasteiger partial charge in [-0.15, -0.1) is 0 Å². The Morgan fingerprint density at radius 2 is 1.70 bits per heavy atom. The van der Waals surface area contributed by atoms with Crippen molar-refractivity contribution in [1.29, 1.82) is 0 Å². The van der Waals surface area contributed by atoms with Crippen LogP contribution in [0.5, 0.6) is 0 Å². The molecule has 1 atom stereocenters. The van der Waals surface area contributed by atoms with Gasteiger partial charge in [0.25, 0.3) is 11.8 Å². The van der Waals surface area contributed by atoms with E-state index in [1.54, 1.807) is 0 Å². The fourth-order valence-electron chi connectivity index (χ4n) is 1.92. The maximum Gasteiger partial charge on any atom is 0.311 e. The summed E-state index contributed by atoms with van der Waals surface area (Å²) in [5.74, 6) is -7.73. The number of alkyl halides is 4. The molecule has 0 saturated heterocycles. The number of ether oxygens (including phenoxy) is 2. The number of esters is 1. The lowest BCUT2D eigenvalue weighted by Gasteiger charge is -2.30. The average Bonchev–Trinajstić information content (AvgIpc) is 3.12. The van der Waals surface area contributed by atoms with Crippen LogP contribution in [-0.2, 0) is 14.3 Å². The second-order valence-electron chi connectivity index (χ2n) is 7.46. The molecule has 0 aromatic carbocycles. The summed E-state index contributed by atoms with van der Waals surface area (Å²) in [5, 5.41) is 0. The van der Waals surface area contributed by atoms with Crippen LogP contribution in [0.4, 0.5) is 17.6 Å². The molecule has 7 heteroatoms. The van der Waals surface area contributed by atoms with Gasteiger partial charge in [-0.05, 0) is 40.0 Å². The molecule has 0 N–H and O–H groups in total. The molecule has 1 unspecified atom stereocenters. The molecule has 1 saturated carbocycles. The minimum Gasteiger partial charge on any atom is -0.453 e. The van der Waals surface area contributed by atoms with Crippen molar-refractivity contribution < 1.29 is 31.8 Å². The van der Waals surface area contributed by atoms with Gasteiger partial charge in [-0.2, -0.15) is 0 Å². The molecule has 3 nitrogen and oxygen atoms in total. The maximum atomic E-state index is 14.1. The largest absolute Gasteiger partial charge is 0.453 e. The van der Waals surface area contributed by atoms with E-state index in [2.05, 4.69) is 0 Å². The second-order valence-corrected chi connectivity index (χ2v) is 7.46. The summed E-state index contributed by atoms with van der Waals surface area (Å²) in [6.07, 6.45) is -0.753. The monoisotopic (exact) mass is 342 g/mol. The molecule has 0 spiro atoms. The number of halogens is 4. The molecule has 0 heterocycles. The maximum absolute atomic E-state index is 14.1. The summed E-state index contributed by atoms with van der Waals surface area (Å²) in [7, 11) is 0. The van der Waals surface area contributed by atoms with Crippen molar-refractivity contribution >= 4 is 5.97 Å². The predicted octanol–water partition coefficient (Wildman–Crippen LogP) is 4.44. The Morgan fingerprint density at radius 1 is 1.13 bits per heavy atom. The van der Waals surface area contributed by atoms with E-state index in [4.69, 9.17) is 9.47 Å². The van der Waals surface area contributed by atoms with Crippen LogP contribution in [-0.4, -0.2) is 37.1 Å². The lowest BCUT2D eigenvalue weighted by molar-refractivity contribution is -0.206. The molecule has 1 aliphatic carbocycles. The Kier molecular flexibility index (Phi) is 6.47. The lowest BCUT2D eigenvalue weighted by Crippen LogP contribution is -2.45. The Bertz CT molecular complexity index is 395. The molecule has 1 fully saturated rings. The highest BCUT2D eigenvalue weighted by Crippen LogP contribution is 2.36. The van der Waals surface area contributed by atoms with Crippen LogP contribution in [0.25, 0.3) is 0 Å². The molecule has 0 amide bonds. The number of hydrogen-bond donors (Lipinski definition) is 0. The third kappa shape index (κ3) is 7.99. The predicted molar refractivity (Wildman–Crippen MR) is 77.7 cm³/mol. The van der Waals surface area contributed by atoms with Crippen molar-refractivity contribution in [3.05, 3.63) is 0 Å². The van der Waals surface area contributed by atoms with Crippen molar-refractivity contribution in [2.45, 2.75) is 71.3 Å². The summed E-state index contributed by atoms with van der Waals surface area (Å²) < 4.78 is 64.1. The van der Waals surface area contributed by atoms with E-state index in [0.717, 1.165) is 19.3 Å². The zero-order valence-corrected chi connectivity index (χ0v) is 14.1. The first-order valence-corrected chi connectivity index (χ1v) is 7.86. The number of carbonyl (C=O) groups excluding carboxylic acids is 1. The molecule has 23 heavy (non-hydrogen) atoms. The molecule has 1 aliphatic rings. The normalized spacial score (nSPS) is 17.9. The molecule has 136 valence electrons. The Balaban J connectivity index is 2.66. The highest BCUT2D eigenvalue weighted by Gasteiger charge is 2.49. The molecular weight excluding hydrogens is 316 g/mol. The fraction of sp³-hybridized carbons (Fsp3) is 0.938. The van der Waals surface area contributed by atoms with E-state index < -0.39 is 42.4 Å². The van der Waals surface area contributed by atoms with Gasteiger partial charge < -0.3 is 9.47 Å². The van der Waals surface area contributed by atoms with E-state index in [9.17, 15) is 22.4 Å². The summed E-state index contributed by atoms with van der Waals surface area (Å²) in [6.45, 7) is 4.61. The van der Waals surface area contributed by atoms with Crippen LogP contribution < -0.4 is 0 Å². The minimum absolute atomic E-state index is 0.257. The van der Waals surface area contributed by atoms with E-state index in [1.807, 2.05) is 0 Å². The van der Waals surface area contributed by atoms with Gasteiger partial charge in [-0.3, -0.25) is 4.79 Å². The van der Waals surface area contributed by atoms with Gasteiger partial charge in [0.15, 0.2) is 6.10 Å². The van der Waals surface area contributed by atoms with Crippen LogP contribution in [0.1, 0.15) is 53.4 Å². The highest BCUT2D eigenvalue weighted by molar-refractivity contribution is 5.75. The van der Waals surface area contributed by atoms with Crippen molar-refractivity contribution in [2.24, 2.45) is 11.3 Å². The van der Waals surface area contributed by atoms with Crippen LogP contribution in [0, 0.1) is 11.3 Å². The van der Waals surface area contributed by atoms with Crippen molar-refractivity contribution in [1.82, 2.24) is 0 Å². The van der Waals surface area contributed by atoms with Gasteiger partial charge in [0.1, 0.15) is 0 Å². The molecule has 0 radical (unpaired) electrons. The average molecular weight is 342 g/mol. The molecule has 1 rings (SSSR count). The van der Waals surface area contributed by atoms with E-state index in [1.165, 1.54) is 20.8 Å². The fourth-order valence-corrected chi connectivity index (χ4v) is 1.92. The van der Waals surface area contributed by atoms with E-state index >= 15 is 0 Å². The minimum atomic E-state index is -3.86. The van der Waals surface area contributed by atoms with Gasteiger partial charge in [-0.25, -0.2) is 17.6 Å². The zero-order chi connectivity index (χ0) is 17.9. The van der Waals surface area contributed by atoms with Crippen LogP contribution in [0.3, 0.4) is 0 Å². The van der Waals surface area contributed by atoms with Crippen molar-refractivity contribution in [3.8, 4) is 0 Å². The SMILES string of the molecule is CC(F)(F)CC(F)(F)C(COCCC1CC1)OC(=O)C(C)(C)C. The van der Waals surface area contributed by atoms with Crippen LogP contribution in [0.15, 0.2) is 0 Å². The Labute approximate surface area is 134 Å². The topological polar surface area (TPSA) is 35.5 Å². The van der Waals surface area contributed by atoms with Gasteiger partial charge in [0.2, 0.25) is 0 Å². The number of carbonyl (C=O) groups is 1. The summed E-state index contributed by atoms with van der Waals surface area (Å²) in [6, 6.07) is 0. The first-order valence-electron chi connectivity index (χ1n) is 7.86. The van der Waals surface area contributed by atoms with Gasteiger partial charge in [-0.1, -0.05) is 12.8 Å². The van der Waals surface area contributed by atoms with Gasteiger partial charge in [0, 0.05) is 6.61 Å². The molecular formula is C16H26F4O3. The number of hydrogen-bond acceptors (Lipinski definition) is 3. The summed E-state index contributed by atoms with van der Waals surface area (Å²) >= 11 is 0. The van der Waals surface area contributed by atoms with Crippen LogP contribution in [0.2, 0.25) is 0 Å². The zero-order valence-electron chi connectivity index (χ0n) is 14.1. The third-order valence-corrected chi connectivity index (χ3v) is 3.52. The smallest absolute Gasteiger partial charge is 0.311 e. The van der Waals surface area contributed by atoms with Gasteiger partial charge >= 0.3 is 5.97 Å². The Morgan fingerprint density at radius 3 is 2.13 bits per heavy atom. The standard InChI is InChI=1S/C16H26F4O3/c1-14(2,3)13(21)23-12(9-22-8-7-11-5-6-11)16(19,20)10-15(4,17)18/h11-12H,5-10H2,1-4H3. The molecule has 0 aromatic heterocycles. The number of rotatable bonds is 9. The second kappa shape index (κ2) is 7.36.